The lowest BCUT2D eigenvalue weighted by Gasteiger charge is -2.17. The first-order valence-corrected chi connectivity index (χ1v) is 12.5. The second-order valence-electron chi connectivity index (χ2n) is 8.56. The molecule has 0 unspecified atom stereocenters. The quantitative estimate of drug-likeness (QED) is 0.136. The third-order valence-electron chi connectivity index (χ3n) is 6.17. The molecule has 37 heavy (non-hydrogen) atoms. The maximum Gasteiger partial charge on any atom is 0.243 e. The van der Waals surface area contributed by atoms with Gasteiger partial charge in [0, 0.05) is 43.3 Å². The summed E-state index contributed by atoms with van der Waals surface area (Å²) in [6.45, 7) is 3.89. The minimum Gasteiger partial charge on any atom is -0.492 e. The molecule has 0 bridgehead atoms. The highest BCUT2D eigenvalue weighted by atomic mass is 19.1. The number of carbonyl (C=O) groups is 1. The van der Waals surface area contributed by atoms with Gasteiger partial charge in [0.25, 0.3) is 0 Å². The summed E-state index contributed by atoms with van der Waals surface area (Å²) in [4.78, 5) is 14.2. The molecule has 0 radical (unpaired) electrons. The number of hydrogen-bond acceptors (Lipinski definition) is 3. The van der Waals surface area contributed by atoms with Gasteiger partial charge in [-0.05, 0) is 58.5 Å². The zero-order valence-corrected chi connectivity index (χ0v) is 21.2. The number of allylic oxidation sites excluding steroid dienone is 1. The fourth-order valence-electron chi connectivity index (χ4n) is 4.32. The van der Waals surface area contributed by atoms with Gasteiger partial charge in [0.05, 0.1) is 0 Å². The van der Waals surface area contributed by atoms with E-state index in [0.717, 1.165) is 40.0 Å². The van der Waals surface area contributed by atoms with Gasteiger partial charge in [-0.25, -0.2) is 4.39 Å². The zero-order valence-electron chi connectivity index (χ0n) is 21.2. The van der Waals surface area contributed by atoms with Gasteiger partial charge in [0.1, 0.15) is 18.2 Å². The van der Waals surface area contributed by atoms with Crippen LogP contribution in [-0.4, -0.2) is 37.6 Å². The molecule has 1 heterocycles. The Balaban J connectivity index is 1.56. The maximum atomic E-state index is 14.4. The Morgan fingerprint density at radius 1 is 1.00 bits per heavy atom. The van der Waals surface area contributed by atoms with Crippen molar-refractivity contribution in [1.82, 2.24) is 15.6 Å². The number of fused-ring (bicyclic) bond motifs is 1. The van der Waals surface area contributed by atoms with Crippen molar-refractivity contribution < 1.29 is 13.9 Å². The van der Waals surface area contributed by atoms with Gasteiger partial charge in [0.15, 0.2) is 0 Å². The van der Waals surface area contributed by atoms with Crippen LogP contribution >= 0.6 is 0 Å². The molecule has 0 spiro atoms. The molecule has 4 rings (SSSR count). The van der Waals surface area contributed by atoms with Crippen LogP contribution in [0.3, 0.4) is 0 Å². The first-order chi connectivity index (χ1) is 18.1. The van der Waals surface area contributed by atoms with E-state index in [1.807, 2.05) is 48.5 Å². The van der Waals surface area contributed by atoms with Gasteiger partial charge in [-0.3, -0.25) is 4.79 Å². The van der Waals surface area contributed by atoms with E-state index in [0.29, 0.717) is 25.1 Å². The first-order valence-electron chi connectivity index (χ1n) is 12.5. The van der Waals surface area contributed by atoms with Crippen molar-refractivity contribution in [3.63, 3.8) is 0 Å². The molecule has 0 aliphatic heterocycles. The van der Waals surface area contributed by atoms with Crippen molar-refractivity contribution in [2.45, 2.75) is 13.3 Å². The number of ether oxygens (including phenoxy) is 1. The number of carbonyl (C=O) groups excluding carboxylic acids is 1. The molecule has 0 atom stereocenters. The highest BCUT2D eigenvalue weighted by Crippen LogP contribution is 2.36. The Bertz CT molecular complexity index is 1390. The minimum atomic E-state index is -0.254. The molecule has 3 N–H and O–H groups in total. The number of hydrogen-bond donors (Lipinski definition) is 3. The first kappa shape index (κ1) is 25.9. The summed E-state index contributed by atoms with van der Waals surface area (Å²) in [5.41, 5.74) is 6.20. The summed E-state index contributed by atoms with van der Waals surface area (Å²) in [7, 11) is 1.60. The summed E-state index contributed by atoms with van der Waals surface area (Å²) < 4.78 is 20.3. The van der Waals surface area contributed by atoms with Crippen LogP contribution in [-0.2, 0) is 4.79 Å². The van der Waals surface area contributed by atoms with Crippen LogP contribution < -0.4 is 15.4 Å². The van der Waals surface area contributed by atoms with Crippen molar-refractivity contribution in [1.29, 1.82) is 0 Å². The molecule has 0 fully saturated rings. The van der Waals surface area contributed by atoms with Gasteiger partial charge in [-0.1, -0.05) is 61.5 Å². The summed E-state index contributed by atoms with van der Waals surface area (Å²) >= 11 is 0. The van der Waals surface area contributed by atoms with Crippen molar-refractivity contribution in [2.75, 3.05) is 26.7 Å². The molecule has 6 heteroatoms. The Kier molecular flexibility index (Phi) is 8.89. The Labute approximate surface area is 217 Å². The van der Waals surface area contributed by atoms with Gasteiger partial charge in [-0.2, -0.15) is 0 Å². The Morgan fingerprint density at radius 2 is 1.76 bits per heavy atom. The van der Waals surface area contributed by atoms with Crippen molar-refractivity contribution in [3.05, 3.63) is 114 Å². The number of nitrogens with one attached hydrogen (secondary N) is 3. The van der Waals surface area contributed by atoms with Crippen molar-refractivity contribution >= 4 is 28.0 Å². The fraction of sp³-hybridized carbons (Fsp3) is 0.194. The molecule has 4 aromatic rings. The summed E-state index contributed by atoms with van der Waals surface area (Å²) in [5, 5.41) is 6.33. The lowest BCUT2D eigenvalue weighted by Crippen LogP contribution is -2.21. The molecule has 5 nitrogen and oxygen atoms in total. The lowest BCUT2D eigenvalue weighted by molar-refractivity contribution is -0.116. The van der Waals surface area contributed by atoms with E-state index in [1.54, 1.807) is 13.1 Å². The Hall–Kier alpha value is -4.16. The van der Waals surface area contributed by atoms with E-state index in [9.17, 15) is 9.18 Å². The molecule has 0 aliphatic carbocycles. The fourth-order valence-corrected chi connectivity index (χ4v) is 4.32. The van der Waals surface area contributed by atoms with E-state index in [4.69, 9.17) is 4.74 Å². The van der Waals surface area contributed by atoms with Crippen LogP contribution in [0.1, 0.15) is 30.0 Å². The number of rotatable bonds is 11. The summed E-state index contributed by atoms with van der Waals surface area (Å²) in [5.74, 6) is 0.398. The number of likely N-dealkylation sites (N-methyl/N-ethyl adjacent to an activating group) is 1. The van der Waals surface area contributed by atoms with Crippen LogP contribution in [0.5, 0.6) is 5.75 Å². The van der Waals surface area contributed by atoms with E-state index in [2.05, 4.69) is 46.8 Å². The predicted molar refractivity (Wildman–Crippen MR) is 149 cm³/mol. The van der Waals surface area contributed by atoms with Gasteiger partial charge in [0.2, 0.25) is 5.91 Å². The number of benzene rings is 3. The standard InChI is InChI=1S/C31H32FN3O2/c1-3-26(22-8-5-4-6-9-22)31(24-13-16-29-27(20-24)28(32)21-35-29)23-11-14-25(15-12-23)37-19-18-34-17-7-10-30(36)33-2/h4-16,20-21,34-35H,3,17-19H2,1-2H3,(H,33,36)/b10-7+,31-26+. The van der Waals surface area contributed by atoms with Crippen LogP contribution in [0, 0.1) is 5.82 Å². The smallest absolute Gasteiger partial charge is 0.243 e. The van der Waals surface area contributed by atoms with Crippen molar-refractivity contribution in [2.24, 2.45) is 0 Å². The highest BCUT2D eigenvalue weighted by Gasteiger charge is 2.15. The molecule has 190 valence electrons. The third-order valence-corrected chi connectivity index (χ3v) is 6.17. The van der Waals surface area contributed by atoms with Crippen LogP contribution in [0.4, 0.5) is 4.39 Å². The molecule has 0 saturated heterocycles. The van der Waals surface area contributed by atoms with E-state index in [-0.39, 0.29) is 11.7 Å². The molecule has 1 amide bonds. The van der Waals surface area contributed by atoms with Crippen LogP contribution in [0.15, 0.2) is 91.1 Å². The maximum absolute atomic E-state index is 14.4. The number of amides is 1. The molecule has 3 aromatic carbocycles. The highest BCUT2D eigenvalue weighted by molar-refractivity contribution is 6.00. The third kappa shape index (κ3) is 6.54. The topological polar surface area (TPSA) is 66.2 Å². The summed E-state index contributed by atoms with van der Waals surface area (Å²) in [6.07, 6.45) is 5.50. The largest absolute Gasteiger partial charge is 0.492 e. The number of aromatic nitrogens is 1. The van der Waals surface area contributed by atoms with E-state index < -0.39 is 0 Å². The van der Waals surface area contributed by atoms with Crippen molar-refractivity contribution in [3.8, 4) is 5.75 Å². The van der Waals surface area contributed by atoms with Gasteiger partial charge >= 0.3 is 0 Å². The monoisotopic (exact) mass is 497 g/mol. The van der Waals surface area contributed by atoms with Crippen LogP contribution in [0.25, 0.3) is 22.0 Å². The number of aromatic amines is 1. The second-order valence-corrected chi connectivity index (χ2v) is 8.56. The number of halogens is 1. The average molecular weight is 498 g/mol. The van der Waals surface area contributed by atoms with Crippen LogP contribution in [0.2, 0.25) is 0 Å². The molecule has 0 aliphatic rings. The molecular weight excluding hydrogens is 465 g/mol. The van der Waals surface area contributed by atoms with E-state index >= 15 is 0 Å². The molecule has 0 saturated carbocycles. The second kappa shape index (κ2) is 12.7. The lowest BCUT2D eigenvalue weighted by atomic mass is 9.88. The Morgan fingerprint density at radius 3 is 2.49 bits per heavy atom. The number of H-pyrrole nitrogens is 1. The predicted octanol–water partition coefficient (Wildman–Crippen LogP) is 5.95. The normalized spacial score (nSPS) is 12.1. The molecular formula is C31H32FN3O2. The summed E-state index contributed by atoms with van der Waals surface area (Å²) in [6, 6.07) is 24.3. The van der Waals surface area contributed by atoms with Gasteiger partial charge < -0.3 is 20.4 Å². The van der Waals surface area contributed by atoms with Gasteiger partial charge in [-0.15, -0.1) is 0 Å². The average Bonchev–Trinajstić information content (AvgIpc) is 3.31. The SMILES string of the molecule is CC/C(=C(/c1ccc(OCCNC/C=C/C(=O)NC)cc1)c1ccc2[nH]cc(F)c2c1)c1ccccc1. The minimum absolute atomic E-state index is 0.122. The molecule has 1 aromatic heterocycles. The van der Waals surface area contributed by atoms with E-state index in [1.165, 1.54) is 17.8 Å². The zero-order chi connectivity index (χ0) is 26.0.